The van der Waals surface area contributed by atoms with Crippen molar-refractivity contribution in [3.63, 3.8) is 0 Å². The van der Waals surface area contributed by atoms with Crippen LogP contribution in [0.15, 0.2) is 72.8 Å². The van der Waals surface area contributed by atoms with Gasteiger partial charge in [0, 0.05) is 5.39 Å². The summed E-state index contributed by atoms with van der Waals surface area (Å²) in [4.78, 5) is 12.6. The minimum atomic E-state index is -0.566. The number of fused-ring (bicyclic) bond motifs is 1. The molecule has 0 aliphatic carbocycles. The molecule has 0 fully saturated rings. The molecule has 0 spiro atoms. The van der Waals surface area contributed by atoms with Gasteiger partial charge in [-0.1, -0.05) is 73.7 Å². The molecule has 0 saturated heterocycles. The highest BCUT2D eigenvalue weighted by atomic mass is 16.5. The normalized spacial score (nSPS) is 13.2. The van der Waals surface area contributed by atoms with Crippen LogP contribution in [0, 0.1) is 0 Å². The topological polar surface area (TPSA) is 38.3 Å². The third-order valence-corrected chi connectivity index (χ3v) is 4.35. The molecule has 0 aliphatic rings. The van der Waals surface area contributed by atoms with Gasteiger partial charge in [0.05, 0.1) is 6.04 Å². The average Bonchev–Trinajstić information content (AvgIpc) is 2.67. The number of rotatable bonds is 6. The smallest absolute Gasteiger partial charge is 0.261 e. The lowest BCUT2D eigenvalue weighted by Crippen LogP contribution is -2.38. The van der Waals surface area contributed by atoms with E-state index in [1.165, 1.54) is 0 Å². The second-order valence-electron chi connectivity index (χ2n) is 6.12. The van der Waals surface area contributed by atoms with Crippen molar-refractivity contribution in [1.82, 2.24) is 5.32 Å². The van der Waals surface area contributed by atoms with E-state index in [9.17, 15) is 4.79 Å². The van der Waals surface area contributed by atoms with Crippen molar-refractivity contribution in [2.24, 2.45) is 0 Å². The Morgan fingerprint density at radius 1 is 0.960 bits per heavy atom. The SMILES string of the molecule is CCC(NC(=O)C(C)Oc1cccc2ccccc12)c1ccccc1. The maximum Gasteiger partial charge on any atom is 0.261 e. The van der Waals surface area contributed by atoms with Crippen LogP contribution in [0.2, 0.25) is 0 Å². The van der Waals surface area contributed by atoms with Crippen molar-refractivity contribution in [2.45, 2.75) is 32.4 Å². The lowest BCUT2D eigenvalue weighted by atomic mass is 10.0. The number of amides is 1. The van der Waals surface area contributed by atoms with Gasteiger partial charge in [0.2, 0.25) is 0 Å². The lowest BCUT2D eigenvalue weighted by molar-refractivity contribution is -0.128. The molecular formula is C22H23NO2. The molecule has 1 amide bonds. The first-order valence-corrected chi connectivity index (χ1v) is 8.68. The number of nitrogens with one attached hydrogen (secondary N) is 1. The Labute approximate surface area is 148 Å². The summed E-state index contributed by atoms with van der Waals surface area (Å²) in [7, 11) is 0. The first kappa shape index (κ1) is 17.0. The molecule has 0 heterocycles. The molecule has 0 saturated carbocycles. The van der Waals surface area contributed by atoms with Crippen LogP contribution < -0.4 is 10.1 Å². The third kappa shape index (κ3) is 4.00. The molecule has 0 aliphatic heterocycles. The van der Waals surface area contributed by atoms with E-state index in [2.05, 4.69) is 12.2 Å². The van der Waals surface area contributed by atoms with Gasteiger partial charge in [-0.25, -0.2) is 0 Å². The van der Waals surface area contributed by atoms with E-state index >= 15 is 0 Å². The third-order valence-electron chi connectivity index (χ3n) is 4.35. The molecule has 3 aromatic rings. The van der Waals surface area contributed by atoms with Gasteiger partial charge >= 0.3 is 0 Å². The molecule has 1 N–H and O–H groups in total. The van der Waals surface area contributed by atoms with Gasteiger partial charge < -0.3 is 10.1 Å². The minimum absolute atomic E-state index is 0.00716. The molecule has 0 bridgehead atoms. The Kier molecular flexibility index (Phi) is 5.34. The predicted molar refractivity (Wildman–Crippen MR) is 102 cm³/mol. The fourth-order valence-electron chi connectivity index (χ4n) is 2.94. The van der Waals surface area contributed by atoms with Crippen LogP contribution in [0.3, 0.4) is 0 Å². The van der Waals surface area contributed by atoms with Crippen LogP contribution in [0.5, 0.6) is 5.75 Å². The molecule has 25 heavy (non-hydrogen) atoms. The van der Waals surface area contributed by atoms with Crippen LogP contribution in [0.1, 0.15) is 31.9 Å². The van der Waals surface area contributed by atoms with Gasteiger partial charge in [-0.05, 0) is 30.4 Å². The zero-order valence-corrected chi connectivity index (χ0v) is 14.6. The molecule has 0 radical (unpaired) electrons. The van der Waals surface area contributed by atoms with Crippen molar-refractivity contribution in [3.8, 4) is 5.75 Å². The highest BCUT2D eigenvalue weighted by molar-refractivity contribution is 5.89. The molecular weight excluding hydrogens is 310 g/mol. The van der Waals surface area contributed by atoms with E-state index in [1.54, 1.807) is 6.92 Å². The summed E-state index contributed by atoms with van der Waals surface area (Å²) in [6.45, 7) is 3.85. The molecule has 2 unspecified atom stereocenters. The monoisotopic (exact) mass is 333 g/mol. The van der Waals surface area contributed by atoms with E-state index in [4.69, 9.17) is 4.74 Å². The van der Waals surface area contributed by atoms with Gasteiger partial charge in [0.25, 0.3) is 5.91 Å². The fraction of sp³-hybridized carbons (Fsp3) is 0.227. The zero-order valence-electron chi connectivity index (χ0n) is 14.6. The summed E-state index contributed by atoms with van der Waals surface area (Å²) in [6.07, 6.45) is 0.264. The molecule has 3 rings (SSSR count). The van der Waals surface area contributed by atoms with Gasteiger partial charge in [0.15, 0.2) is 6.10 Å². The molecule has 3 heteroatoms. The molecule has 3 aromatic carbocycles. The van der Waals surface area contributed by atoms with Crippen molar-refractivity contribution in [2.75, 3.05) is 0 Å². The zero-order chi connectivity index (χ0) is 17.6. The number of hydrogen-bond donors (Lipinski definition) is 1. The number of ether oxygens (including phenoxy) is 1. The van der Waals surface area contributed by atoms with E-state index < -0.39 is 6.10 Å². The van der Waals surface area contributed by atoms with Gasteiger partial charge in [0.1, 0.15) is 5.75 Å². The number of carbonyl (C=O) groups excluding carboxylic acids is 1. The summed E-state index contributed by atoms with van der Waals surface area (Å²) < 4.78 is 5.96. The predicted octanol–water partition coefficient (Wildman–Crippen LogP) is 4.87. The largest absolute Gasteiger partial charge is 0.480 e. The van der Waals surface area contributed by atoms with Gasteiger partial charge in [-0.2, -0.15) is 0 Å². The summed E-state index contributed by atoms with van der Waals surface area (Å²) in [5.41, 5.74) is 1.11. The van der Waals surface area contributed by atoms with Crippen LogP contribution in [0.25, 0.3) is 10.8 Å². The summed E-state index contributed by atoms with van der Waals surface area (Å²) in [5, 5.41) is 5.20. The minimum Gasteiger partial charge on any atom is -0.480 e. The van der Waals surface area contributed by atoms with E-state index in [0.29, 0.717) is 0 Å². The molecule has 2 atom stereocenters. The van der Waals surface area contributed by atoms with Gasteiger partial charge in [-0.3, -0.25) is 4.79 Å². The summed E-state index contributed by atoms with van der Waals surface area (Å²) >= 11 is 0. The highest BCUT2D eigenvalue weighted by Crippen LogP contribution is 2.26. The van der Waals surface area contributed by atoms with E-state index in [1.807, 2.05) is 72.8 Å². The Hall–Kier alpha value is -2.81. The van der Waals surface area contributed by atoms with Crippen molar-refractivity contribution in [3.05, 3.63) is 78.4 Å². The average molecular weight is 333 g/mol. The second-order valence-corrected chi connectivity index (χ2v) is 6.12. The molecule has 3 nitrogen and oxygen atoms in total. The fourth-order valence-corrected chi connectivity index (χ4v) is 2.94. The second kappa shape index (κ2) is 7.84. The summed E-state index contributed by atoms with van der Waals surface area (Å²) in [5.74, 6) is 0.622. The maximum absolute atomic E-state index is 12.6. The van der Waals surface area contributed by atoms with Crippen LogP contribution >= 0.6 is 0 Å². The van der Waals surface area contributed by atoms with E-state index in [-0.39, 0.29) is 11.9 Å². The number of benzene rings is 3. The quantitative estimate of drug-likeness (QED) is 0.698. The standard InChI is InChI=1S/C22H23NO2/c1-3-20(18-11-5-4-6-12-18)23-22(24)16(2)25-21-15-9-13-17-10-7-8-14-19(17)21/h4-16,20H,3H2,1-2H3,(H,23,24). The maximum atomic E-state index is 12.6. The first-order chi connectivity index (χ1) is 12.2. The van der Waals surface area contributed by atoms with Crippen LogP contribution in [-0.4, -0.2) is 12.0 Å². The number of carbonyl (C=O) groups is 1. The lowest BCUT2D eigenvalue weighted by Gasteiger charge is -2.21. The molecule has 128 valence electrons. The Morgan fingerprint density at radius 3 is 2.40 bits per heavy atom. The Bertz CT molecular complexity index is 840. The van der Waals surface area contributed by atoms with Crippen molar-refractivity contribution < 1.29 is 9.53 Å². The van der Waals surface area contributed by atoms with Crippen molar-refractivity contribution >= 4 is 16.7 Å². The van der Waals surface area contributed by atoms with Crippen molar-refractivity contribution in [1.29, 1.82) is 0 Å². The Balaban J connectivity index is 1.72. The van der Waals surface area contributed by atoms with E-state index in [0.717, 1.165) is 28.5 Å². The molecule has 0 aromatic heterocycles. The highest BCUT2D eigenvalue weighted by Gasteiger charge is 2.19. The Morgan fingerprint density at radius 2 is 1.64 bits per heavy atom. The first-order valence-electron chi connectivity index (χ1n) is 8.68. The van der Waals surface area contributed by atoms with Crippen LogP contribution in [-0.2, 0) is 4.79 Å². The van der Waals surface area contributed by atoms with Gasteiger partial charge in [-0.15, -0.1) is 0 Å². The summed E-state index contributed by atoms with van der Waals surface area (Å²) in [6, 6.07) is 23.9. The number of hydrogen-bond acceptors (Lipinski definition) is 2. The van der Waals surface area contributed by atoms with Crippen LogP contribution in [0.4, 0.5) is 0 Å².